The number of aliphatic hydroxyl groups excluding tert-OH is 1. The number of pyridine rings is 1. The van der Waals surface area contributed by atoms with Gasteiger partial charge in [0.15, 0.2) is 11.5 Å². The minimum absolute atomic E-state index is 0.0616. The van der Waals surface area contributed by atoms with Crippen molar-refractivity contribution in [2.45, 2.75) is 25.8 Å². The standard InChI is InChI=1S/C23H21F2N7O2/c1-23(2)16-18(26-7-8-33)28-20(29-19(16)30-22(23)34)17-14-9-13(24)10-27-21(14)32(31-17)11-12-5-3-4-6-15(12)25/h3-6,9-10,33H,7-8,11H2,1-2H3,(H2,26,28,29,30,34). The van der Waals surface area contributed by atoms with Gasteiger partial charge in [-0.15, -0.1) is 0 Å². The molecule has 0 unspecified atom stereocenters. The zero-order valence-electron chi connectivity index (χ0n) is 18.4. The number of nitrogens with one attached hydrogen (secondary N) is 2. The molecule has 0 bridgehead atoms. The number of aromatic nitrogens is 5. The van der Waals surface area contributed by atoms with E-state index in [4.69, 9.17) is 0 Å². The molecule has 0 atom stereocenters. The maximum atomic E-state index is 14.3. The van der Waals surface area contributed by atoms with Gasteiger partial charge in [-0.2, -0.15) is 5.10 Å². The van der Waals surface area contributed by atoms with Gasteiger partial charge in [-0.05, 0) is 26.0 Å². The minimum atomic E-state index is -0.897. The van der Waals surface area contributed by atoms with Crippen molar-refractivity contribution in [2.75, 3.05) is 23.8 Å². The molecule has 0 fully saturated rings. The maximum Gasteiger partial charge on any atom is 0.235 e. The second-order valence-corrected chi connectivity index (χ2v) is 8.47. The van der Waals surface area contributed by atoms with Crippen LogP contribution in [-0.4, -0.2) is 48.9 Å². The molecule has 3 aromatic heterocycles. The van der Waals surface area contributed by atoms with Crippen LogP contribution in [0.5, 0.6) is 0 Å². The fourth-order valence-corrected chi connectivity index (χ4v) is 4.03. The van der Waals surface area contributed by atoms with Gasteiger partial charge in [0.05, 0.1) is 35.7 Å². The first-order valence-electron chi connectivity index (χ1n) is 10.6. The third kappa shape index (κ3) is 3.54. The predicted octanol–water partition coefficient (Wildman–Crippen LogP) is 2.85. The summed E-state index contributed by atoms with van der Waals surface area (Å²) in [5.41, 5.74) is 0.615. The molecule has 0 aliphatic carbocycles. The molecule has 34 heavy (non-hydrogen) atoms. The van der Waals surface area contributed by atoms with Crippen LogP contribution < -0.4 is 10.6 Å². The molecule has 4 heterocycles. The first-order valence-corrected chi connectivity index (χ1v) is 10.6. The largest absolute Gasteiger partial charge is 0.395 e. The van der Waals surface area contributed by atoms with Gasteiger partial charge in [0.2, 0.25) is 5.91 Å². The summed E-state index contributed by atoms with van der Waals surface area (Å²) in [6.07, 6.45) is 1.06. The molecular formula is C23H21F2N7O2. The maximum absolute atomic E-state index is 14.3. The van der Waals surface area contributed by atoms with Crippen molar-refractivity contribution in [3.8, 4) is 11.5 Å². The van der Waals surface area contributed by atoms with E-state index in [-0.39, 0.29) is 37.1 Å². The fraction of sp³-hybridized carbons (Fsp3) is 0.261. The van der Waals surface area contributed by atoms with Crippen LogP contribution in [0.1, 0.15) is 25.0 Å². The van der Waals surface area contributed by atoms with E-state index in [1.807, 2.05) is 0 Å². The zero-order valence-corrected chi connectivity index (χ0v) is 18.4. The number of halogens is 2. The molecule has 0 saturated carbocycles. The van der Waals surface area contributed by atoms with Crippen LogP contribution in [-0.2, 0) is 16.8 Å². The third-order valence-electron chi connectivity index (χ3n) is 5.78. The van der Waals surface area contributed by atoms with Crippen LogP contribution >= 0.6 is 0 Å². The molecule has 0 radical (unpaired) electrons. The minimum Gasteiger partial charge on any atom is -0.395 e. The van der Waals surface area contributed by atoms with Gasteiger partial charge in [0.1, 0.15) is 29.0 Å². The first-order chi connectivity index (χ1) is 16.3. The average Bonchev–Trinajstić information content (AvgIpc) is 3.27. The molecule has 1 aliphatic heterocycles. The Bertz CT molecular complexity index is 1430. The Morgan fingerprint density at radius 2 is 2.00 bits per heavy atom. The summed E-state index contributed by atoms with van der Waals surface area (Å²) in [5, 5.41) is 20.0. The fourth-order valence-electron chi connectivity index (χ4n) is 4.03. The van der Waals surface area contributed by atoms with E-state index in [1.54, 1.807) is 32.0 Å². The number of hydrogen-bond acceptors (Lipinski definition) is 7. The van der Waals surface area contributed by atoms with Crippen molar-refractivity contribution in [2.24, 2.45) is 0 Å². The molecular weight excluding hydrogens is 444 g/mol. The van der Waals surface area contributed by atoms with Gasteiger partial charge < -0.3 is 15.7 Å². The van der Waals surface area contributed by atoms with Crippen molar-refractivity contribution < 1.29 is 18.7 Å². The summed E-state index contributed by atoms with van der Waals surface area (Å²) in [5.74, 6) is -0.428. The van der Waals surface area contributed by atoms with Crippen LogP contribution in [0, 0.1) is 11.6 Å². The van der Waals surface area contributed by atoms with Crippen molar-refractivity contribution in [1.82, 2.24) is 24.7 Å². The van der Waals surface area contributed by atoms with Crippen LogP contribution in [0.3, 0.4) is 0 Å². The summed E-state index contributed by atoms with van der Waals surface area (Å²) in [6.45, 7) is 3.61. The van der Waals surface area contributed by atoms with Crippen LogP contribution in [0.25, 0.3) is 22.6 Å². The summed E-state index contributed by atoms with van der Waals surface area (Å²) in [4.78, 5) is 25.8. The quantitative estimate of drug-likeness (QED) is 0.401. The van der Waals surface area contributed by atoms with Crippen LogP contribution in [0.4, 0.5) is 20.4 Å². The normalized spacial score (nSPS) is 14.3. The average molecular weight is 465 g/mol. The number of amides is 1. The van der Waals surface area contributed by atoms with E-state index in [9.17, 15) is 18.7 Å². The van der Waals surface area contributed by atoms with Crippen molar-refractivity contribution in [3.63, 3.8) is 0 Å². The highest BCUT2D eigenvalue weighted by atomic mass is 19.1. The highest BCUT2D eigenvalue weighted by Crippen LogP contribution is 2.41. The van der Waals surface area contributed by atoms with Gasteiger partial charge in [-0.3, -0.25) is 4.79 Å². The Morgan fingerprint density at radius 1 is 1.21 bits per heavy atom. The van der Waals surface area contributed by atoms with Crippen molar-refractivity contribution in [3.05, 3.63) is 59.3 Å². The molecule has 4 aromatic rings. The number of fused-ring (bicyclic) bond motifs is 2. The molecule has 5 rings (SSSR count). The number of carbonyl (C=O) groups is 1. The van der Waals surface area contributed by atoms with Gasteiger partial charge in [-0.1, -0.05) is 18.2 Å². The van der Waals surface area contributed by atoms with Crippen LogP contribution in [0.15, 0.2) is 36.5 Å². The molecule has 0 spiro atoms. The summed E-state index contributed by atoms with van der Waals surface area (Å²) in [6, 6.07) is 7.55. The highest BCUT2D eigenvalue weighted by molar-refractivity contribution is 6.06. The molecule has 0 saturated heterocycles. The third-order valence-corrected chi connectivity index (χ3v) is 5.78. The second-order valence-electron chi connectivity index (χ2n) is 8.47. The number of nitrogens with zero attached hydrogens (tertiary/aromatic N) is 5. The summed E-state index contributed by atoms with van der Waals surface area (Å²) in [7, 11) is 0. The van der Waals surface area contributed by atoms with E-state index < -0.39 is 17.0 Å². The molecule has 174 valence electrons. The number of benzene rings is 1. The molecule has 11 heteroatoms. The topological polar surface area (TPSA) is 118 Å². The number of carbonyl (C=O) groups excluding carboxylic acids is 1. The summed E-state index contributed by atoms with van der Waals surface area (Å²) < 4.78 is 29.9. The Labute approximate surface area is 192 Å². The molecule has 1 aliphatic rings. The van der Waals surface area contributed by atoms with Gasteiger partial charge in [0.25, 0.3) is 0 Å². The van der Waals surface area contributed by atoms with E-state index >= 15 is 0 Å². The monoisotopic (exact) mass is 465 g/mol. The Balaban J connectivity index is 1.69. The molecule has 1 aromatic carbocycles. The highest BCUT2D eigenvalue weighted by Gasteiger charge is 2.43. The number of aliphatic hydroxyl groups is 1. The molecule has 9 nitrogen and oxygen atoms in total. The Hall–Kier alpha value is -3.99. The van der Waals surface area contributed by atoms with Crippen molar-refractivity contribution in [1.29, 1.82) is 0 Å². The van der Waals surface area contributed by atoms with E-state index in [2.05, 4.69) is 30.7 Å². The lowest BCUT2D eigenvalue weighted by molar-refractivity contribution is -0.119. The molecule has 3 N–H and O–H groups in total. The van der Waals surface area contributed by atoms with E-state index in [1.165, 1.54) is 16.8 Å². The SMILES string of the molecule is CC1(C)C(=O)Nc2nc(-c3nn(Cc4ccccc4F)c4ncc(F)cc34)nc(NCCO)c21. The van der Waals surface area contributed by atoms with E-state index in [0.717, 1.165) is 6.20 Å². The zero-order chi connectivity index (χ0) is 24.0. The van der Waals surface area contributed by atoms with Crippen molar-refractivity contribution >= 4 is 28.6 Å². The molecule has 1 amide bonds. The lowest BCUT2D eigenvalue weighted by atomic mass is 9.87. The van der Waals surface area contributed by atoms with Gasteiger partial charge >= 0.3 is 0 Å². The van der Waals surface area contributed by atoms with Gasteiger partial charge in [0, 0.05) is 12.1 Å². The number of rotatable bonds is 6. The Kier molecular flexibility index (Phi) is 5.20. The lowest BCUT2D eigenvalue weighted by Crippen LogP contribution is -2.28. The van der Waals surface area contributed by atoms with Gasteiger partial charge in [-0.25, -0.2) is 28.4 Å². The second kappa shape index (κ2) is 8.10. The Morgan fingerprint density at radius 3 is 2.76 bits per heavy atom. The number of anilines is 2. The number of hydrogen-bond donors (Lipinski definition) is 3. The summed E-state index contributed by atoms with van der Waals surface area (Å²) >= 11 is 0. The van der Waals surface area contributed by atoms with E-state index in [0.29, 0.717) is 33.8 Å². The smallest absolute Gasteiger partial charge is 0.235 e. The predicted molar refractivity (Wildman–Crippen MR) is 121 cm³/mol. The lowest BCUT2D eigenvalue weighted by Gasteiger charge is -2.18. The van der Waals surface area contributed by atoms with Crippen LogP contribution in [0.2, 0.25) is 0 Å². The first kappa shape index (κ1) is 21.8.